The van der Waals surface area contributed by atoms with Crippen LogP contribution >= 0.6 is 0 Å². The van der Waals surface area contributed by atoms with Gasteiger partial charge in [-0.05, 0) is 91.0 Å². The van der Waals surface area contributed by atoms with Gasteiger partial charge in [0.05, 0.1) is 34.0 Å². The van der Waals surface area contributed by atoms with Crippen molar-refractivity contribution in [3.8, 4) is 39.2 Å². The molecule has 0 amide bonds. The van der Waals surface area contributed by atoms with Gasteiger partial charge in [0.15, 0.2) is 0 Å². The lowest BCUT2D eigenvalue weighted by Gasteiger charge is -2.15. The molecule has 264 valence electrons. The Bertz CT molecular complexity index is 3530. The lowest BCUT2D eigenvalue weighted by atomic mass is 9.91. The molecule has 0 aliphatic carbocycles. The Morgan fingerprint density at radius 3 is 1.46 bits per heavy atom. The van der Waals surface area contributed by atoms with Crippen LogP contribution in [0.2, 0.25) is 0 Å². The molecule has 10 aromatic carbocycles. The molecule has 3 heteroatoms. The van der Waals surface area contributed by atoms with Crippen molar-refractivity contribution >= 4 is 75.9 Å². The van der Waals surface area contributed by atoms with Crippen molar-refractivity contribution in [2.75, 3.05) is 0 Å². The van der Waals surface area contributed by atoms with Gasteiger partial charge in [-0.2, -0.15) is 0 Å². The second-order valence-electron chi connectivity index (χ2n) is 14.9. The second kappa shape index (κ2) is 12.5. The van der Waals surface area contributed by atoms with E-state index in [0.29, 0.717) is 0 Å². The van der Waals surface area contributed by atoms with Crippen molar-refractivity contribution in [3.63, 3.8) is 0 Å². The quantitative estimate of drug-likeness (QED) is 0.169. The van der Waals surface area contributed by atoms with E-state index in [2.05, 4.69) is 199 Å². The molecule has 0 saturated carbocycles. The summed E-state index contributed by atoms with van der Waals surface area (Å²) in [7, 11) is 0. The van der Waals surface area contributed by atoms with Crippen LogP contribution in [-0.2, 0) is 0 Å². The first-order valence-corrected chi connectivity index (χ1v) is 19.5. The fraction of sp³-hybridized carbons (Fsp3) is 0. The highest BCUT2D eigenvalue weighted by Crippen LogP contribution is 2.41. The molecule has 0 saturated heterocycles. The lowest BCUT2D eigenvalue weighted by Crippen LogP contribution is -1.96. The monoisotopic (exact) mass is 723 g/mol. The minimum atomic E-state index is 0.839. The van der Waals surface area contributed by atoms with E-state index < -0.39 is 0 Å². The summed E-state index contributed by atoms with van der Waals surface area (Å²) in [5.74, 6) is 0. The lowest BCUT2D eigenvalue weighted by molar-refractivity contribution is 1.18. The van der Waals surface area contributed by atoms with Crippen molar-refractivity contribution in [2.24, 2.45) is 0 Å². The fourth-order valence-corrected chi connectivity index (χ4v) is 9.16. The Balaban J connectivity index is 1.11. The zero-order chi connectivity index (χ0) is 37.5. The Hall–Kier alpha value is -7.62. The Morgan fingerprint density at radius 1 is 0.333 bits per heavy atom. The number of hydrogen-bond donors (Lipinski definition) is 0. The number of aromatic nitrogens is 3. The van der Waals surface area contributed by atoms with Crippen LogP contribution in [0.1, 0.15) is 0 Å². The van der Waals surface area contributed by atoms with Gasteiger partial charge in [-0.1, -0.05) is 158 Å². The van der Waals surface area contributed by atoms with E-state index in [9.17, 15) is 0 Å². The summed E-state index contributed by atoms with van der Waals surface area (Å²) >= 11 is 0. The molecule has 2 aromatic heterocycles. The third-order valence-corrected chi connectivity index (χ3v) is 11.8. The van der Waals surface area contributed by atoms with Gasteiger partial charge < -0.3 is 4.57 Å². The highest BCUT2D eigenvalue weighted by Gasteiger charge is 2.17. The Labute approximate surface area is 328 Å². The van der Waals surface area contributed by atoms with Crippen molar-refractivity contribution in [1.29, 1.82) is 0 Å². The van der Waals surface area contributed by atoms with E-state index in [-0.39, 0.29) is 0 Å². The molecular formula is C54H33N3. The van der Waals surface area contributed by atoms with Gasteiger partial charge in [0.2, 0.25) is 0 Å². The molecule has 12 aromatic rings. The number of benzene rings is 10. The van der Waals surface area contributed by atoms with Crippen molar-refractivity contribution in [3.05, 3.63) is 200 Å². The van der Waals surface area contributed by atoms with Crippen LogP contribution in [0.4, 0.5) is 0 Å². The fourth-order valence-electron chi connectivity index (χ4n) is 9.16. The Morgan fingerprint density at radius 2 is 0.842 bits per heavy atom. The van der Waals surface area contributed by atoms with Crippen LogP contribution in [0.3, 0.4) is 0 Å². The summed E-state index contributed by atoms with van der Waals surface area (Å²) in [5, 5.41) is 11.9. The van der Waals surface area contributed by atoms with Crippen molar-refractivity contribution < 1.29 is 0 Å². The first-order chi connectivity index (χ1) is 28.3. The predicted molar refractivity (Wildman–Crippen MR) is 240 cm³/mol. The van der Waals surface area contributed by atoms with E-state index >= 15 is 0 Å². The molecule has 0 bridgehead atoms. The maximum absolute atomic E-state index is 5.55. The van der Waals surface area contributed by atoms with E-state index in [1.54, 1.807) is 0 Å². The predicted octanol–water partition coefficient (Wildman–Crippen LogP) is 14.3. The summed E-state index contributed by atoms with van der Waals surface area (Å²) < 4.78 is 2.36. The number of hydrogen-bond acceptors (Lipinski definition) is 2. The largest absolute Gasteiger partial charge is 0.309 e. The molecule has 57 heavy (non-hydrogen) atoms. The van der Waals surface area contributed by atoms with Crippen LogP contribution in [0, 0.1) is 0 Å². The van der Waals surface area contributed by atoms with Gasteiger partial charge in [-0.3, -0.25) is 4.98 Å². The van der Waals surface area contributed by atoms with Crippen LogP contribution in [0.15, 0.2) is 200 Å². The normalized spacial score (nSPS) is 11.9. The van der Waals surface area contributed by atoms with E-state index in [1.165, 1.54) is 59.9 Å². The summed E-state index contributed by atoms with van der Waals surface area (Å²) in [5.41, 5.74) is 11.9. The smallest absolute Gasteiger partial charge is 0.0979 e. The average Bonchev–Trinajstić information content (AvgIpc) is 3.62. The summed E-state index contributed by atoms with van der Waals surface area (Å²) in [6, 6.07) is 70.0. The molecule has 0 aliphatic heterocycles. The van der Waals surface area contributed by atoms with Gasteiger partial charge in [0, 0.05) is 32.8 Å². The Kier molecular flexibility index (Phi) is 6.93. The number of para-hydroxylation sites is 2. The highest BCUT2D eigenvalue weighted by molar-refractivity contribution is 6.24. The molecular weight excluding hydrogens is 691 g/mol. The van der Waals surface area contributed by atoms with Crippen LogP contribution in [-0.4, -0.2) is 14.5 Å². The highest BCUT2D eigenvalue weighted by atomic mass is 15.0. The number of nitrogens with zero attached hydrogens (tertiary/aromatic N) is 3. The molecule has 0 spiro atoms. The van der Waals surface area contributed by atoms with Crippen molar-refractivity contribution in [2.45, 2.75) is 0 Å². The van der Waals surface area contributed by atoms with Crippen LogP contribution in [0.5, 0.6) is 0 Å². The molecule has 0 unspecified atom stereocenters. The summed E-state index contributed by atoms with van der Waals surface area (Å²) in [4.78, 5) is 10.9. The minimum Gasteiger partial charge on any atom is -0.309 e. The zero-order valence-corrected chi connectivity index (χ0v) is 30.9. The average molecular weight is 724 g/mol. The van der Waals surface area contributed by atoms with Gasteiger partial charge in [0.1, 0.15) is 0 Å². The second-order valence-corrected chi connectivity index (χ2v) is 14.9. The number of rotatable bonds is 4. The molecule has 2 heterocycles. The van der Waals surface area contributed by atoms with E-state index in [1.807, 2.05) is 6.20 Å². The third kappa shape index (κ3) is 4.92. The van der Waals surface area contributed by atoms with Gasteiger partial charge in [-0.25, -0.2) is 4.98 Å². The molecule has 0 aliphatic rings. The zero-order valence-electron chi connectivity index (χ0n) is 30.9. The third-order valence-electron chi connectivity index (χ3n) is 11.8. The molecule has 3 nitrogen and oxygen atoms in total. The molecule has 0 atom stereocenters. The molecule has 0 N–H and O–H groups in total. The SMILES string of the molecule is c1cc(-c2cnc3c4cc(-c5cccc6ccccc56)ccc4c4ccc(-c5cccc6ccccc56)cc4c3n2)cc(-n2c3ccccc3c3ccccc32)c1. The first-order valence-electron chi connectivity index (χ1n) is 19.5. The van der Waals surface area contributed by atoms with Gasteiger partial charge >= 0.3 is 0 Å². The molecule has 12 rings (SSSR count). The number of fused-ring (bicyclic) bond motifs is 11. The van der Waals surface area contributed by atoms with E-state index in [4.69, 9.17) is 9.97 Å². The first kappa shape index (κ1) is 31.7. The standard InChI is InChI=1S/C54H33N3/c1-3-18-40-34(12-1)14-10-22-42(40)36-26-28-44-45-29-27-37(43-23-11-15-35-13-2-4-19-41(35)43)32-49(45)54-53(48(44)31-36)55-33-50(56-54)38-16-9-17-39(30-38)57-51-24-7-5-20-46(51)47-21-6-8-25-52(47)57/h1-33H. The topological polar surface area (TPSA) is 30.7 Å². The minimum absolute atomic E-state index is 0.839. The molecule has 0 fully saturated rings. The van der Waals surface area contributed by atoms with Gasteiger partial charge in [0.25, 0.3) is 0 Å². The van der Waals surface area contributed by atoms with Gasteiger partial charge in [-0.15, -0.1) is 0 Å². The van der Waals surface area contributed by atoms with E-state index in [0.717, 1.165) is 55.3 Å². The van der Waals surface area contributed by atoms with Crippen molar-refractivity contribution in [1.82, 2.24) is 14.5 Å². The summed E-state index contributed by atoms with van der Waals surface area (Å²) in [6.45, 7) is 0. The van der Waals surface area contributed by atoms with Crippen LogP contribution in [0.25, 0.3) is 115 Å². The maximum atomic E-state index is 5.55. The molecule has 0 radical (unpaired) electrons. The van der Waals surface area contributed by atoms with Crippen LogP contribution < -0.4 is 0 Å². The summed E-state index contributed by atoms with van der Waals surface area (Å²) in [6.07, 6.45) is 1.96. The maximum Gasteiger partial charge on any atom is 0.0979 e.